The van der Waals surface area contributed by atoms with Crippen LogP contribution < -0.4 is 10.6 Å². The second-order valence-electron chi connectivity index (χ2n) is 6.55. The molecule has 0 aliphatic rings. The summed E-state index contributed by atoms with van der Waals surface area (Å²) >= 11 is 0. The smallest absolute Gasteiger partial charge is 0.191 e. The Kier molecular flexibility index (Phi) is 15.7. The Morgan fingerprint density at radius 2 is 1.92 bits per heavy atom. The van der Waals surface area contributed by atoms with Gasteiger partial charge in [-0.25, -0.2) is 0 Å². The van der Waals surface area contributed by atoms with Gasteiger partial charge >= 0.3 is 0 Å². The fourth-order valence-corrected chi connectivity index (χ4v) is 2.21. The fraction of sp³-hybridized carbons (Fsp3) is 0.833. The summed E-state index contributed by atoms with van der Waals surface area (Å²) in [4.78, 5) is 4.64. The number of nitrogens with zero attached hydrogens (tertiary/aromatic N) is 4. The molecule has 1 heterocycles. The van der Waals surface area contributed by atoms with E-state index in [1.54, 1.807) is 6.33 Å². The minimum Gasteiger partial charge on any atom is -0.381 e. The maximum Gasteiger partial charge on any atom is 0.191 e. The fourth-order valence-electron chi connectivity index (χ4n) is 2.21. The summed E-state index contributed by atoms with van der Waals surface area (Å²) < 4.78 is 7.67. The lowest BCUT2D eigenvalue weighted by Crippen LogP contribution is -2.40. The van der Waals surface area contributed by atoms with Crippen LogP contribution in [0.15, 0.2) is 11.3 Å². The first-order chi connectivity index (χ1) is 12.2. The molecule has 152 valence electrons. The highest BCUT2D eigenvalue weighted by Crippen LogP contribution is 1.95. The average molecular weight is 480 g/mol. The van der Waals surface area contributed by atoms with E-state index in [9.17, 15) is 0 Å². The van der Waals surface area contributed by atoms with E-state index in [-0.39, 0.29) is 24.0 Å². The van der Waals surface area contributed by atoms with Gasteiger partial charge in [-0.15, -0.1) is 34.2 Å². The zero-order valence-corrected chi connectivity index (χ0v) is 19.2. The van der Waals surface area contributed by atoms with E-state index >= 15 is 0 Å². The molecule has 7 nitrogen and oxygen atoms in total. The highest BCUT2D eigenvalue weighted by atomic mass is 127. The molecule has 0 atom stereocenters. The van der Waals surface area contributed by atoms with Crippen molar-refractivity contribution in [3.05, 3.63) is 12.2 Å². The van der Waals surface area contributed by atoms with Crippen molar-refractivity contribution in [3.63, 3.8) is 0 Å². The number of hydrogen-bond donors (Lipinski definition) is 2. The molecule has 26 heavy (non-hydrogen) atoms. The SMILES string of the molecule is CCCCOCCCNC(=NCC(C)C)NCCn1cnnc1CC.I. The molecular formula is C18H37IN6O. The number of unbranched alkanes of at least 4 members (excludes halogenated alkanes) is 1. The van der Waals surface area contributed by atoms with Crippen LogP contribution in [-0.2, 0) is 17.7 Å². The highest BCUT2D eigenvalue weighted by molar-refractivity contribution is 14.0. The summed E-state index contributed by atoms with van der Waals surface area (Å²) in [6.45, 7) is 13.6. The maximum absolute atomic E-state index is 5.59. The second-order valence-corrected chi connectivity index (χ2v) is 6.55. The van der Waals surface area contributed by atoms with Crippen molar-refractivity contribution in [2.24, 2.45) is 10.9 Å². The van der Waals surface area contributed by atoms with Gasteiger partial charge < -0.3 is 19.9 Å². The first kappa shape index (κ1) is 25.1. The van der Waals surface area contributed by atoms with Crippen molar-refractivity contribution in [1.29, 1.82) is 0 Å². The third kappa shape index (κ3) is 11.7. The molecule has 0 bridgehead atoms. The van der Waals surface area contributed by atoms with E-state index in [4.69, 9.17) is 4.74 Å². The van der Waals surface area contributed by atoms with Gasteiger partial charge in [0.05, 0.1) is 0 Å². The molecule has 0 amide bonds. The molecule has 0 saturated heterocycles. The Morgan fingerprint density at radius 1 is 1.19 bits per heavy atom. The van der Waals surface area contributed by atoms with Crippen LogP contribution in [0.5, 0.6) is 0 Å². The number of nitrogens with one attached hydrogen (secondary N) is 2. The van der Waals surface area contributed by atoms with Gasteiger partial charge in [-0.1, -0.05) is 34.1 Å². The third-order valence-corrected chi connectivity index (χ3v) is 3.67. The minimum atomic E-state index is 0. The monoisotopic (exact) mass is 480 g/mol. The number of guanidine groups is 1. The summed E-state index contributed by atoms with van der Waals surface area (Å²) in [5.74, 6) is 2.42. The van der Waals surface area contributed by atoms with Gasteiger partial charge in [0.1, 0.15) is 12.2 Å². The van der Waals surface area contributed by atoms with Crippen molar-refractivity contribution >= 4 is 29.9 Å². The number of aryl methyl sites for hydroxylation is 1. The quantitative estimate of drug-likeness (QED) is 0.197. The molecule has 1 aromatic rings. The maximum atomic E-state index is 5.59. The van der Waals surface area contributed by atoms with Crippen molar-refractivity contribution in [2.75, 3.05) is 32.8 Å². The van der Waals surface area contributed by atoms with Crippen LogP contribution in [0, 0.1) is 5.92 Å². The van der Waals surface area contributed by atoms with E-state index in [1.807, 2.05) is 0 Å². The average Bonchev–Trinajstić information content (AvgIpc) is 3.05. The van der Waals surface area contributed by atoms with Crippen LogP contribution in [0.1, 0.15) is 52.8 Å². The van der Waals surface area contributed by atoms with Crippen LogP contribution >= 0.6 is 24.0 Å². The Labute approximate surface area is 175 Å². The van der Waals surface area contributed by atoms with E-state index in [0.29, 0.717) is 5.92 Å². The predicted octanol–water partition coefficient (Wildman–Crippen LogP) is 2.86. The molecule has 0 aliphatic carbocycles. The molecule has 2 N–H and O–H groups in total. The molecule has 1 rings (SSSR count). The molecule has 0 saturated carbocycles. The van der Waals surface area contributed by atoms with Gasteiger partial charge in [0.25, 0.3) is 0 Å². The molecule has 0 aliphatic heterocycles. The molecule has 0 aromatic carbocycles. The molecule has 0 unspecified atom stereocenters. The highest BCUT2D eigenvalue weighted by Gasteiger charge is 2.03. The number of aliphatic imine (C=N–C) groups is 1. The lowest BCUT2D eigenvalue weighted by Gasteiger charge is -2.14. The molecular weight excluding hydrogens is 443 g/mol. The summed E-state index contributed by atoms with van der Waals surface area (Å²) in [6.07, 6.45) is 5.98. The Hall–Kier alpha value is -0.900. The third-order valence-electron chi connectivity index (χ3n) is 3.67. The number of ether oxygens (including phenoxy) is 1. The van der Waals surface area contributed by atoms with Crippen LogP contribution in [0.3, 0.4) is 0 Å². The van der Waals surface area contributed by atoms with E-state index < -0.39 is 0 Å². The molecule has 1 aromatic heterocycles. The topological polar surface area (TPSA) is 76.4 Å². The molecule has 0 fully saturated rings. The van der Waals surface area contributed by atoms with Gasteiger partial charge in [-0.2, -0.15) is 0 Å². The number of halogens is 1. The Bertz CT molecular complexity index is 478. The van der Waals surface area contributed by atoms with Crippen LogP contribution in [0.25, 0.3) is 0 Å². The first-order valence-electron chi connectivity index (χ1n) is 9.63. The van der Waals surface area contributed by atoms with Crippen molar-refractivity contribution < 1.29 is 4.74 Å². The zero-order valence-electron chi connectivity index (χ0n) is 16.8. The van der Waals surface area contributed by atoms with Gasteiger partial charge in [-0.05, 0) is 18.8 Å². The number of aromatic nitrogens is 3. The standard InChI is InChI=1S/C18H36N6O.HI/c1-5-7-12-25-13-8-9-19-18(21-14-16(3)4)20-10-11-24-15-22-23-17(24)6-2;/h15-16H,5-14H2,1-4H3,(H2,19,20,21);1H. The van der Waals surface area contributed by atoms with Crippen molar-refractivity contribution in [1.82, 2.24) is 25.4 Å². The molecule has 0 spiro atoms. The normalized spacial score (nSPS) is 11.5. The lowest BCUT2D eigenvalue weighted by molar-refractivity contribution is 0.129. The van der Waals surface area contributed by atoms with Gasteiger partial charge in [0.2, 0.25) is 0 Å². The van der Waals surface area contributed by atoms with Gasteiger partial charge in [0.15, 0.2) is 5.96 Å². The zero-order chi connectivity index (χ0) is 18.3. The van der Waals surface area contributed by atoms with E-state index in [2.05, 4.69) is 58.1 Å². The second kappa shape index (κ2) is 16.3. The Morgan fingerprint density at radius 3 is 2.62 bits per heavy atom. The number of hydrogen-bond acceptors (Lipinski definition) is 4. The largest absolute Gasteiger partial charge is 0.381 e. The van der Waals surface area contributed by atoms with Crippen LogP contribution in [0.2, 0.25) is 0 Å². The van der Waals surface area contributed by atoms with E-state index in [1.165, 1.54) is 6.42 Å². The summed E-state index contributed by atoms with van der Waals surface area (Å²) in [5.41, 5.74) is 0. The van der Waals surface area contributed by atoms with Crippen LogP contribution in [-0.4, -0.2) is 53.6 Å². The molecule has 8 heteroatoms. The van der Waals surface area contributed by atoms with Crippen LogP contribution in [0.4, 0.5) is 0 Å². The Balaban J connectivity index is 0.00000625. The summed E-state index contributed by atoms with van der Waals surface area (Å²) in [5, 5.41) is 14.9. The summed E-state index contributed by atoms with van der Waals surface area (Å²) in [6, 6.07) is 0. The van der Waals surface area contributed by atoms with Gasteiger partial charge in [0, 0.05) is 45.8 Å². The minimum absolute atomic E-state index is 0. The van der Waals surface area contributed by atoms with Crippen molar-refractivity contribution in [3.8, 4) is 0 Å². The predicted molar refractivity (Wildman–Crippen MR) is 118 cm³/mol. The van der Waals surface area contributed by atoms with Crippen molar-refractivity contribution in [2.45, 2.75) is 59.9 Å². The first-order valence-corrected chi connectivity index (χ1v) is 9.63. The molecule has 0 radical (unpaired) electrons. The van der Waals surface area contributed by atoms with Gasteiger partial charge in [-0.3, -0.25) is 4.99 Å². The lowest BCUT2D eigenvalue weighted by atomic mass is 10.2. The number of rotatable bonds is 13. The summed E-state index contributed by atoms with van der Waals surface area (Å²) in [7, 11) is 0. The van der Waals surface area contributed by atoms with E-state index in [0.717, 1.165) is 70.4 Å².